The lowest BCUT2D eigenvalue weighted by Gasteiger charge is -2.03. The number of hydrogen-bond donors (Lipinski definition) is 0. The molecule has 0 saturated carbocycles. The van der Waals surface area contributed by atoms with Crippen molar-refractivity contribution in [2.75, 3.05) is 7.11 Å². The molecule has 2 aromatic rings. The third-order valence-corrected chi connectivity index (χ3v) is 3.07. The Kier molecular flexibility index (Phi) is 5.63. The smallest absolute Gasteiger partial charge is 0.337 e. The van der Waals surface area contributed by atoms with Crippen molar-refractivity contribution in [3.63, 3.8) is 0 Å². The Morgan fingerprint density at radius 3 is 2.43 bits per heavy atom. The normalized spacial score (nSPS) is 10.5. The van der Waals surface area contributed by atoms with Crippen LogP contribution in [-0.2, 0) is 20.9 Å². The maximum Gasteiger partial charge on any atom is 0.337 e. The quantitative estimate of drug-likeness (QED) is 0.627. The lowest BCUT2D eigenvalue weighted by molar-refractivity contribution is -0.138. The van der Waals surface area contributed by atoms with E-state index < -0.39 is 17.8 Å². The number of benzene rings is 2. The van der Waals surface area contributed by atoms with Crippen LogP contribution in [0.15, 0.2) is 54.6 Å². The molecule has 0 radical (unpaired) electrons. The van der Waals surface area contributed by atoms with Crippen LogP contribution < -0.4 is 0 Å². The minimum Gasteiger partial charge on any atom is -0.465 e. The Labute approximate surface area is 133 Å². The van der Waals surface area contributed by atoms with E-state index in [-0.39, 0.29) is 6.61 Å². The Balaban J connectivity index is 1.91. The number of halogens is 1. The predicted molar refractivity (Wildman–Crippen MR) is 83.0 cm³/mol. The molecule has 0 amide bonds. The highest BCUT2D eigenvalue weighted by atomic mass is 19.1. The molecule has 0 N–H and O–H groups in total. The molecule has 4 nitrogen and oxygen atoms in total. The van der Waals surface area contributed by atoms with Crippen molar-refractivity contribution < 1.29 is 23.5 Å². The second-order valence-corrected chi connectivity index (χ2v) is 4.65. The van der Waals surface area contributed by atoms with E-state index in [4.69, 9.17) is 4.74 Å². The molecule has 0 aliphatic carbocycles. The number of methoxy groups -OCH3 is 1. The van der Waals surface area contributed by atoms with Crippen molar-refractivity contribution in [3.8, 4) is 0 Å². The summed E-state index contributed by atoms with van der Waals surface area (Å²) in [5, 5.41) is 0. The second kappa shape index (κ2) is 7.89. The average Bonchev–Trinajstić information content (AvgIpc) is 2.59. The molecule has 0 spiro atoms. The molecule has 118 valence electrons. The fraction of sp³-hybridized carbons (Fsp3) is 0.111. The van der Waals surface area contributed by atoms with Gasteiger partial charge in [0, 0.05) is 11.6 Å². The summed E-state index contributed by atoms with van der Waals surface area (Å²) in [5.74, 6) is -1.42. The third-order valence-electron chi connectivity index (χ3n) is 3.07. The Morgan fingerprint density at radius 1 is 1.09 bits per heavy atom. The van der Waals surface area contributed by atoms with Gasteiger partial charge in [-0.1, -0.05) is 30.3 Å². The topological polar surface area (TPSA) is 52.6 Å². The first-order valence-electron chi connectivity index (χ1n) is 6.87. The van der Waals surface area contributed by atoms with Crippen molar-refractivity contribution in [2.45, 2.75) is 6.61 Å². The number of carbonyl (C=O) groups is 2. The van der Waals surface area contributed by atoms with Crippen LogP contribution in [0.1, 0.15) is 21.5 Å². The van der Waals surface area contributed by atoms with Crippen LogP contribution in [0.3, 0.4) is 0 Å². The minimum absolute atomic E-state index is 0.128. The molecule has 0 aromatic heterocycles. The molecule has 2 aromatic carbocycles. The van der Waals surface area contributed by atoms with Crippen molar-refractivity contribution in [3.05, 3.63) is 77.1 Å². The van der Waals surface area contributed by atoms with E-state index in [1.54, 1.807) is 48.5 Å². The molecule has 0 saturated heterocycles. The summed E-state index contributed by atoms with van der Waals surface area (Å²) in [6, 6.07) is 12.6. The van der Waals surface area contributed by atoms with Crippen molar-refractivity contribution in [1.29, 1.82) is 0 Å². The molecule has 5 heteroatoms. The van der Waals surface area contributed by atoms with Crippen molar-refractivity contribution >= 4 is 18.0 Å². The van der Waals surface area contributed by atoms with Gasteiger partial charge in [0.15, 0.2) is 0 Å². The van der Waals surface area contributed by atoms with Gasteiger partial charge in [0.2, 0.25) is 0 Å². The summed E-state index contributed by atoms with van der Waals surface area (Å²) in [5.41, 5.74) is 1.46. The number of rotatable bonds is 5. The molecule has 0 bridgehead atoms. The lowest BCUT2D eigenvalue weighted by Crippen LogP contribution is -2.02. The lowest BCUT2D eigenvalue weighted by atomic mass is 10.1. The minimum atomic E-state index is -0.578. The van der Waals surface area contributed by atoms with Crippen LogP contribution >= 0.6 is 0 Å². The van der Waals surface area contributed by atoms with Crippen LogP contribution in [-0.4, -0.2) is 19.0 Å². The van der Waals surface area contributed by atoms with Crippen LogP contribution in [0.25, 0.3) is 6.08 Å². The first-order chi connectivity index (χ1) is 11.1. The molecular formula is C18H15FO4. The van der Waals surface area contributed by atoms with Gasteiger partial charge in [-0.3, -0.25) is 0 Å². The summed E-state index contributed by atoms with van der Waals surface area (Å²) >= 11 is 0. The molecule has 0 heterocycles. The van der Waals surface area contributed by atoms with Gasteiger partial charge in [-0.25, -0.2) is 14.0 Å². The van der Waals surface area contributed by atoms with Gasteiger partial charge in [0.05, 0.1) is 12.7 Å². The van der Waals surface area contributed by atoms with Crippen molar-refractivity contribution in [2.24, 2.45) is 0 Å². The van der Waals surface area contributed by atoms with Gasteiger partial charge in [-0.2, -0.15) is 0 Å². The van der Waals surface area contributed by atoms with E-state index in [2.05, 4.69) is 4.74 Å². The van der Waals surface area contributed by atoms with Gasteiger partial charge in [-0.15, -0.1) is 0 Å². The summed E-state index contributed by atoms with van der Waals surface area (Å²) in [7, 11) is 1.31. The van der Waals surface area contributed by atoms with Gasteiger partial charge in [-0.05, 0) is 29.8 Å². The van der Waals surface area contributed by atoms with Crippen LogP contribution in [0.4, 0.5) is 4.39 Å². The zero-order valence-electron chi connectivity index (χ0n) is 12.5. The first-order valence-corrected chi connectivity index (χ1v) is 6.87. The van der Waals surface area contributed by atoms with E-state index in [0.717, 1.165) is 5.56 Å². The monoisotopic (exact) mass is 314 g/mol. The van der Waals surface area contributed by atoms with E-state index >= 15 is 0 Å². The zero-order valence-corrected chi connectivity index (χ0v) is 12.5. The SMILES string of the molecule is COC(=O)c1ccc(C=CC(=O)OCc2ccccc2F)cc1. The van der Waals surface area contributed by atoms with E-state index in [0.29, 0.717) is 11.1 Å². The predicted octanol–water partition coefficient (Wildman–Crippen LogP) is 3.37. The van der Waals surface area contributed by atoms with Crippen LogP contribution in [0, 0.1) is 5.82 Å². The molecular weight excluding hydrogens is 299 g/mol. The maximum absolute atomic E-state index is 13.4. The van der Waals surface area contributed by atoms with Gasteiger partial charge in [0.1, 0.15) is 12.4 Å². The number of hydrogen-bond acceptors (Lipinski definition) is 4. The fourth-order valence-electron chi connectivity index (χ4n) is 1.82. The van der Waals surface area contributed by atoms with Gasteiger partial charge < -0.3 is 9.47 Å². The Hall–Kier alpha value is -2.95. The Bertz CT molecular complexity index is 720. The summed E-state index contributed by atoms with van der Waals surface area (Å²) in [4.78, 5) is 22.9. The molecule has 0 unspecified atom stereocenters. The third kappa shape index (κ3) is 4.78. The summed E-state index contributed by atoms with van der Waals surface area (Å²) in [6.07, 6.45) is 2.79. The van der Waals surface area contributed by atoms with Crippen LogP contribution in [0.2, 0.25) is 0 Å². The summed E-state index contributed by atoms with van der Waals surface area (Å²) < 4.78 is 22.9. The highest BCUT2D eigenvalue weighted by Gasteiger charge is 2.05. The fourth-order valence-corrected chi connectivity index (χ4v) is 1.82. The highest BCUT2D eigenvalue weighted by molar-refractivity contribution is 5.90. The van der Waals surface area contributed by atoms with E-state index in [1.165, 1.54) is 19.3 Å². The van der Waals surface area contributed by atoms with E-state index in [1.807, 2.05) is 0 Å². The van der Waals surface area contributed by atoms with Gasteiger partial charge >= 0.3 is 11.9 Å². The van der Waals surface area contributed by atoms with Crippen LogP contribution in [0.5, 0.6) is 0 Å². The standard InChI is InChI=1S/C18H15FO4/c1-22-18(21)14-9-6-13(7-10-14)8-11-17(20)23-12-15-4-2-3-5-16(15)19/h2-11H,12H2,1H3. The molecule has 0 fully saturated rings. The second-order valence-electron chi connectivity index (χ2n) is 4.65. The number of carbonyl (C=O) groups excluding carboxylic acids is 2. The molecule has 0 aliphatic rings. The molecule has 23 heavy (non-hydrogen) atoms. The number of esters is 2. The molecule has 0 atom stereocenters. The maximum atomic E-state index is 13.4. The molecule has 0 aliphatic heterocycles. The first kappa shape index (κ1) is 16.4. The van der Waals surface area contributed by atoms with Gasteiger partial charge in [0.25, 0.3) is 0 Å². The summed E-state index contributed by atoms with van der Waals surface area (Å²) in [6.45, 7) is -0.128. The van der Waals surface area contributed by atoms with E-state index in [9.17, 15) is 14.0 Å². The average molecular weight is 314 g/mol. The Morgan fingerprint density at radius 2 is 1.78 bits per heavy atom. The number of ether oxygens (including phenoxy) is 2. The highest BCUT2D eigenvalue weighted by Crippen LogP contribution is 2.09. The zero-order chi connectivity index (χ0) is 16.7. The molecule has 2 rings (SSSR count). The van der Waals surface area contributed by atoms with Crippen molar-refractivity contribution in [1.82, 2.24) is 0 Å². The largest absolute Gasteiger partial charge is 0.465 e.